The van der Waals surface area contributed by atoms with Crippen molar-refractivity contribution in [1.82, 2.24) is 9.29 Å². The van der Waals surface area contributed by atoms with E-state index >= 15 is 0 Å². The molecule has 6 nitrogen and oxygen atoms in total. The summed E-state index contributed by atoms with van der Waals surface area (Å²) < 4.78 is 62.8. The molecule has 1 saturated heterocycles. The van der Waals surface area contributed by atoms with E-state index in [2.05, 4.69) is 4.98 Å². The fourth-order valence-electron chi connectivity index (χ4n) is 2.43. The molecule has 0 spiro atoms. The summed E-state index contributed by atoms with van der Waals surface area (Å²) in [5.41, 5.74) is -0.970. The van der Waals surface area contributed by atoms with E-state index in [1.165, 1.54) is 19.0 Å². The largest absolute Gasteiger partial charge is 0.417 e. The summed E-state index contributed by atoms with van der Waals surface area (Å²) >= 11 is 5.88. The first-order valence-electron chi connectivity index (χ1n) is 6.98. The molecular weight excluding hydrogens is 371 g/mol. The second-order valence-electron chi connectivity index (χ2n) is 5.82. The monoisotopic (exact) mass is 387 g/mol. The van der Waals surface area contributed by atoms with Gasteiger partial charge in [0.25, 0.3) is 0 Å². The maximum Gasteiger partial charge on any atom is 0.417 e. The van der Waals surface area contributed by atoms with Crippen LogP contribution < -0.4 is 4.90 Å². The van der Waals surface area contributed by atoms with E-state index in [0.717, 1.165) is 10.4 Å². The molecule has 1 aliphatic heterocycles. The van der Waals surface area contributed by atoms with E-state index in [-0.39, 0.29) is 29.7 Å². The molecule has 2 atom stereocenters. The van der Waals surface area contributed by atoms with Gasteiger partial charge in [-0.05, 0) is 6.07 Å². The molecule has 11 heteroatoms. The second-order valence-corrected chi connectivity index (χ2v) is 8.46. The number of aliphatic hydroxyl groups is 1. The minimum atomic E-state index is -4.55. The number of sulfonamides is 1. The van der Waals surface area contributed by atoms with E-state index in [1.807, 2.05) is 0 Å². The lowest BCUT2D eigenvalue weighted by Gasteiger charge is -2.20. The van der Waals surface area contributed by atoms with E-state index < -0.39 is 33.8 Å². The van der Waals surface area contributed by atoms with Gasteiger partial charge in [0.15, 0.2) is 0 Å². The summed E-state index contributed by atoms with van der Waals surface area (Å²) in [4.78, 5) is 5.22. The highest BCUT2D eigenvalue weighted by Gasteiger charge is 2.37. The number of β-amino-alcohol motifs (C(OH)–C–C–N with tert-alkyl or cyclic N) is 1. The van der Waals surface area contributed by atoms with Gasteiger partial charge >= 0.3 is 6.18 Å². The number of halogens is 4. The van der Waals surface area contributed by atoms with Crippen molar-refractivity contribution in [2.45, 2.75) is 12.3 Å². The lowest BCUT2D eigenvalue weighted by molar-refractivity contribution is -0.137. The molecule has 0 unspecified atom stereocenters. The van der Waals surface area contributed by atoms with Gasteiger partial charge < -0.3 is 10.0 Å². The molecule has 0 radical (unpaired) electrons. The topological polar surface area (TPSA) is 73.7 Å². The molecule has 24 heavy (non-hydrogen) atoms. The molecule has 0 bridgehead atoms. The third-order valence-electron chi connectivity index (χ3n) is 3.84. The molecule has 2 heterocycles. The van der Waals surface area contributed by atoms with Crippen molar-refractivity contribution in [3.8, 4) is 0 Å². The van der Waals surface area contributed by atoms with Gasteiger partial charge in [0.1, 0.15) is 5.82 Å². The molecule has 1 fully saturated rings. The molecule has 0 saturated carbocycles. The van der Waals surface area contributed by atoms with Crippen molar-refractivity contribution in [2.75, 3.05) is 37.8 Å². The van der Waals surface area contributed by atoms with Crippen LogP contribution in [0, 0.1) is 5.92 Å². The molecule has 0 amide bonds. The molecule has 1 aromatic rings. The first-order chi connectivity index (χ1) is 10.9. The summed E-state index contributed by atoms with van der Waals surface area (Å²) in [6, 6.07) is 0.764. The Bertz CT molecular complexity index is 712. The van der Waals surface area contributed by atoms with Crippen LogP contribution in [0.15, 0.2) is 12.3 Å². The lowest BCUT2D eigenvalue weighted by Crippen LogP contribution is -2.33. The van der Waals surface area contributed by atoms with Crippen LogP contribution in [0.4, 0.5) is 19.0 Å². The van der Waals surface area contributed by atoms with Crippen LogP contribution in [0.2, 0.25) is 5.02 Å². The minimum Gasteiger partial charge on any atom is -0.391 e. The van der Waals surface area contributed by atoms with Crippen LogP contribution in [0.3, 0.4) is 0 Å². The van der Waals surface area contributed by atoms with Gasteiger partial charge in [-0.3, -0.25) is 0 Å². The van der Waals surface area contributed by atoms with Gasteiger partial charge in [0, 0.05) is 39.3 Å². The number of hydrogen-bond acceptors (Lipinski definition) is 5. The Hall–Kier alpha value is -1.10. The zero-order valence-electron chi connectivity index (χ0n) is 13.0. The average molecular weight is 388 g/mol. The number of alkyl halides is 3. The Morgan fingerprint density at radius 2 is 2.04 bits per heavy atom. The number of pyridine rings is 1. The summed E-state index contributed by atoms with van der Waals surface area (Å²) in [6.07, 6.45) is -4.83. The van der Waals surface area contributed by atoms with Gasteiger partial charge in [0.05, 0.1) is 22.4 Å². The Labute approximate surface area is 142 Å². The molecule has 1 aliphatic rings. The van der Waals surface area contributed by atoms with Crippen LogP contribution in [-0.2, 0) is 16.2 Å². The maximum atomic E-state index is 12.6. The SMILES string of the molecule is CN(C)S(=O)(=O)C[C@@H]1CN(c2ncc(C(F)(F)F)cc2Cl)C[C@H]1O. The third kappa shape index (κ3) is 4.11. The predicted octanol–water partition coefficient (Wildman–Crippen LogP) is 1.44. The fraction of sp³-hybridized carbons (Fsp3) is 0.615. The first-order valence-corrected chi connectivity index (χ1v) is 8.96. The smallest absolute Gasteiger partial charge is 0.391 e. The van der Waals surface area contributed by atoms with E-state index in [9.17, 15) is 26.7 Å². The highest BCUT2D eigenvalue weighted by molar-refractivity contribution is 7.89. The van der Waals surface area contributed by atoms with Crippen LogP contribution in [-0.4, -0.2) is 61.9 Å². The molecule has 1 N–H and O–H groups in total. The zero-order chi connectivity index (χ0) is 18.3. The van der Waals surface area contributed by atoms with Crippen LogP contribution in [0.25, 0.3) is 0 Å². The standard InChI is InChI=1S/C13H17ClF3N3O3S/c1-19(2)24(22,23)7-8-5-20(6-11(8)21)12-10(14)3-9(4-18-12)13(15,16)17/h3-4,8,11,21H,5-7H2,1-2H3/t8-,11+/m0/s1. The van der Waals surface area contributed by atoms with Crippen molar-refractivity contribution in [3.63, 3.8) is 0 Å². The lowest BCUT2D eigenvalue weighted by atomic mass is 10.1. The number of hydrogen-bond donors (Lipinski definition) is 1. The molecule has 0 aliphatic carbocycles. The van der Waals surface area contributed by atoms with E-state index in [0.29, 0.717) is 6.20 Å². The number of anilines is 1. The molecule has 0 aromatic carbocycles. The van der Waals surface area contributed by atoms with Crippen LogP contribution in [0.1, 0.15) is 5.56 Å². The summed E-state index contributed by atoms with van der Waals surface area (Å²) in [7, 11) is -0.729. The van der Waals surface area contributed by atoms with E-state index in [1.54, 1.807) is 0 Å². The number of aliphatic hydroxyl groups excluding tert-OH is 1. The Morgan fingerprint density at radius 3 is 2.54 bits per heavy atom. The van der Waals surface area contributed by atoms with E-state index in [4.69, 9.17) is 11.6 Å². The van der Waals surface area contributed by atoms with Gasteiger partial charge in [-0.1, -0.05) is 11.6 Å². The summed E-state index contributed by atoms with van der Waals surface area (Å²) in [6.45, 7) is 0.179. The van der Waals surface area contributed by atoms with Crippen LogP contribution >= 0.6 is 11.6 Å². The van der Waals surface area contributed by atoms with Crippen molar-refractivity contribution in [3.05, 3.63) is 22.8 Å². The molecule has 136 valence electrons. The Kier molecular flexibility index (Phi) is 5.34. The Balaban J connectivity index is 2.18. The third-order valence-corrected chi connectivity index (χ3v) is 6.08. The number of rotatable bonds is 4. The molecular formula is C13H17ClF3N3O3S. The van der Waals surface area contributed by atoms with Crippen molar-refractivity contribution in [1.29, 1.82) is 0 Å². The molecule has 2 rings (SSSR count). The fourth-order valence-corrected chi connectivity index (χ4v) is 3.88. The van der Waals surface area contributed by atoms with Crippen LogP contribution in [0.5, 0.6) is 0 Å². The minimum absolute atomic E-state index is 0.0473. The second kappa shape index (κ2) is 6.66. The van der Waals surface area contributed by atoms with Gasteiger partial charge in [-0.15, -0.1) is 0 Å². The maximum absolute atomic E-state index is 12.6. The first kappa shape index (κ1) is 19.2. The number of nitrogens with zero attached hydrogens (tertiary/aromatic N) is 3. The zero-order valence-corrected chi connectivity index (χ0v) is 14.5. The highest BCUT2D eigenvalue weighted by atomic mass is 35.5. The highest BCUT2D eigenvalue weighted by Crippen LogP contribution is 2.35. The van der Waals surface area contributed by atoms with Crippen molar-refractivity contribution >= 4 is 27.4 Å². The number of aromatic nitrogens is 1. The van der Waals surface area contributed by atoms with Crippen molar-refractivity contribution in [2.24, 2.45) is 5.92 Å². The normalized spacial score (nSPS) is 22.4. The van der Waals surface area contributed by atoms with Gasteiger partial charge in [-0.2, -0.15) is 13.2 Å². The van der Waals surface area contributed by atoms with Gasteiger partial charge in [0.2, 0.25) is 10.0 Å². The quantitative estimate of drug-likeness (QED) is 0.846. The predicted molar refractivity (Wildman–Crippen MR) is 83.4 cm³/mol. The van der Waals surface area contributed by atoms with Crippen molar-refractivity contribution < 1.29 is 26.7 Å². The Morgan fingerprint density at radius 1 is 1.42 bits per heavy atom. The van der Waals surface area contributed by atoms with Gasteiger partial charge in [-0.25, -0.2) is 17.7 Å². The summed E-state index contributed by atoms with van der Waals surface area (Å²) in [5.74, 6) is -0.762. The molecule has 1 aromatic heterocycles. The summed E-state index contributed by atoms with van der Waals surface area (Å²) in [5, 5.41) is 9.86. The average Bonchev–Trinajstić information content (AvgIpc) is 2.77.